The largest absolute Gasteiger partial charge is 0.453 e. The molecule has 16 nitrogen and oxygen atoms in total. The molecule has 0 spiro atoms. The zero-order chi connectivity index (χ0) is 34.2. The first-order valence-electron chi connectivity index (χ1n) is 15.1. The minimum atomic E-state index is -0.350. The Labute approximate surface area is 289 Å². The number of hydrogen-bond acceptors (Lipinski definition) is 15. The topological polar surface area (TPSA) is 198 Å². The molecule has 18 heteroatoms. The van der Waals surface area contributed by atoms with Crippen LogP contribution >= 0.6 is 22.7 Å². The number of anilines is 4. The van der Waals surface area contributed by atoms with E-state index in [4.69, 9.17) is 9.47 Å². The van der Waals surface area contributed by atoms with E-state index in [0.29, 0.717) is 36.7 Å². The van der Waals surface area contributed by atoms with Crippen LogP contribution in [0.3, 0.4) is 0 Å². The average molecular weight is 700 g/mol. The second-order valence-corrected chi connectivity index (χ2v) is 12.2. The van der Waals surface area contributed by atoms with Gasteiger partial charge < -0.3 is 25.0 Å². The van der Waals surface area contributed by atoms with Crippen LogP contribution in [0.2, 0.25) is 0 Å². The van der Waals surface area contributed by atoms with Crippen molar-refractivity contribution in [3.05, 3.63) is 76.5 Å². The van der Waals surface area contributed by atoms with Crippen LogP contribution in [0.4, 0.5) is 27.0 Å². The summed E-state index contributed by atoms with van der Waals surface area (Å²) in [5, 5.41) is 25.9. The number of carbonyl (C=O) groups is 1. The van der Waals surface area contributed by atoms with Gasteiger partial charge in [-0.15, -0.1) is 22.7 Å². The van der Waals surface area contributed by atoms with Gasteiger partial charge in [-0.3, -0.25) is 10.2 Å². The predicted molar refractivity (Wildman–Crippen MR) is 187 cm³/mol. The van der Waals surface area contributed by atoms with E-state index in [1.807, 2.05) is 42.1 Å². The Balaban J connectivity index is 0.000000174. The molecule has 252 valence electrons. The van der Waals surface area contributed by atoms with E-state index in [2.05, 4.69) is 67.9 Å². The van der Waals surface area contributed by atoms with Crippen molar-refractivity contribution in [3.63, 3.8) is 0 Å². The zero-order valence-electron chi connectivity index (χ0n) is 27.1. The first-order valence-corrected chi connectivity index (χ1v) is 16.8. The van der Waals surface area contributed by atoms with Crippen LogP contribution in [0, 0.1) is 6.92 Å². The molecule has 7 heterocycles. The zero-order valence-corrected chi connectivity index (χ0v) is 28.7. The second kappa shape index (κ2) is 15.5. The SMILES string of the molecule is CCc1ccnc(Nc2nc(-c3c[nH]nc3COC)cs2)n1.COC(=O)N1CC=C(c2n[nH]cc2-c2csc(Nc3nccc(C)n3)n2)C1. The minimum Gasteiger partial charge on any atom is -0.453 e. The molecule has 0 bridgehead atoms. The molecule has 0 unspecified atom stereocenters. The maximum absolute atomic E-state index is 11.7. The molecule has 6 aromatic rings. The van der Waals surface area contributed by atoms with E-state index < -0.39 is 0 Å². The lowest BCUT2D eigenvalue weighted by molar-refractivity contribution is 0.135. The van der Waals surface area contributed by atoms with Gasteiger partial charge in [0.05, 0.1) is 43.0 Å². The maximum atomic E-state index is 11.7. The van der Waals surface area contributed by atoms with Gasteiger partial charge in [0, 0.05) is 71.7 Å². The second-order valence-electron chi connectivity index (χ2n) is 10.5. The van der Waals surface area contributed by atoms with Crippen LogP contribution in [0.5, 0.6) is 0 Å². The van der Waals surface area contributed by atoms with Gasteiger partial charge in [-0.25, -0.2) is 34.7 Å². The third-order valence-corrected chi connectivity index (χ3v) is 8.68. The van der Waals surface area contributed by atoms with Crippen molar-refractivity contribution in [3.8, 4) is 22.5 Å². The number of aromatic nitrogens is 10. The van der Waals surface area contributed by atoms with Crippen LogP contribution in [0.25, 0.3) is 28.1 Å². The molecule has 4 N–H and O–H groups in total. The van der Waals surface area contributed by atoms with E-state index in [9.17, 15) is 4.79 Å². The summed E-state index contributed by atoms with van der Waals surface area (Å²) in [6, 6.07) is 3.74. The van der Waals surface area contributed by atoms with Crippen molar-refractivity contribution >= 4 is 56.5 Å². The molecule has 0 fully saturated rings. The maximum Gasteiger partial charge on any atom is 0.410 e. The summed E-state index contributed by atoms with van der Waals surface area (Å²) in [5.41, 5.74) is 7.90. The Morgan fingerprint density at radius 1 is 0.918 bits per heavy atom. The molecule has 0 saturated carbocycles. The Hall–Kier alpha value is -5.59. The summed E-state index contributed by atoms with van der Waals surface area (Å²) >= 11 is 2.96. The third-order valence-electron chi connectivity index (χ3n) is 7.17. The molecular formula is C31H33N13O3S2. The highest BCUT2D eigenvalue weighted by Crippen LogP contribution is 2.32. The lowest BCUT2D eigenvalue weighted by atomic mass is 10.1. The molecule has 1 aliphatic rings. The van der Waals surface area contributed by atoms with Gasteiger partial charge >= 0.3 is 6.09 Å². The highest BCUT2D eigenvalue weighted by molar-refractivity contribution is 7.14. The number of methoxy groups -OCH3 is 2. The Morgan fingerprint density at radius 2 is 1.59 bits per heavy atom. The number of carbonyl (C=O) groups excluding carboxylic acids is 1. The number of nitrogens with zero attached hydrogens (tertiary/aromatic N) is 9. The number of H-pyrrole nitrogens is 2. The Morgan fingerprint density at radius 3 is 2.29 bits per heavy atom. The molecule has 0 aliphatic carbocycles. The van der Waals surface area contributed by atoms with Gasteiger partial charge in [-0.05, 0) is 31.1 Å². The van der Waals surface area contributed by atoms with Crippen LogP contribution < -0.4 is 10.6 Å². The third kappa shape index (κ3) is 8.11. The standard InChI is InChI=1S/C17H17N7O2S.C14H16N6OS/c1-10-3-5-18-15(20-10)22-16-21-13(9-27-16)12-7-19-23-14(12)11-4-6-24(8-11)17(25)26-2;1-3-9-4-5-15-13(17-9)19-14-18-12(8-22-14)10-6-16-20-11(10)7-21-2/h3-5,7,9H,6,8H2,1-2H3,(H,19,23)(H,18,20,21,22);4-6,8H,3,7H2,1-2H3,(H,16,20)(H,15,17,18,19). The summed E-state index contributed by atoms with van der Waals surface area (Å²) in [7, 11) is 3.02. The number of aromatic amines is 2. The van der Waals surface area contributed by atoms with Gasteiger partial charge in [0.1, 0.15) is 0 Å². The van der Waals surface area contributed by atoms with Crippen molar-refractivity contribution in [2.45, 2.75) is 26.9 Å². The van der Waals surface area contributed by atoms with Gasteiger partial charge in [-0.2, -0.15) is 10.2 Å². The number of rotatable bonds is 10. The van der Waals surface area contributed by atoms with Gasteiger partial charge in [0.2, 0.25) is 11.9 Å². The molecule has 0 aromatic carbocycles. The molecule has 0 radical (unpaired) electrons. The quantitative estimate of drug-likeness (QED) is 0.138. The van der Waals surface area contributed by atoms with E-state index >= 15 is 0 Å². The van der Waals surface area contributed by atoms with E-state index in [1.165, 1.54) is 29.8 Å². The normalized spacial score (nSPS) is 12.3. The smallest absolute Gasteiger partial charge is 0.410 e. The fourth-order valence-electron chi connectivity index (χ4n) is 4.77. The summed E-state index contributed by atoms with van der Waals surface area (Å²) < 4.78 is 9.91. The number of nitrogens with one attached hydrogen (secondary N) is 4. The molecule has 7 rings (SSSR count). The van der Waals surface area contributed by atoms with Crippen molar-refractivity contribution in [1.82, 2.24) is 55.2 Å². The lowest BCUT2D eigenvalue weighted by Crippen LogP contribution is -2.28. The summed E-state index contributed by atoms with van der Waals surface area (Å²) in [6.07, 6.45) is 9.57. The molecule has 1 amide bonds. The Kier molecular flexibility index (Phi) is 10.6. The fourth-order valence-corrected chi connectivity index (χ4v) is 6.18. The van der Waals surface area contributed by atoms with Crippen LogP contribution in [0.1, 0.15) is 29.7 Å². The minimum absolute atomic E-state index is 0.350. The highest BCUT2D eigenvalue weighted by Gasteiger charge is 2.25. The van der Waals surface area contributed by atoms with E-state index in [1.54, 1.807) is 30.6 Å². The summed E-state index contributed by atoms with van der Waals surface area (Å²) in [5.74, 6) is 1.07. The van der Waals surface area contributed by atoms with E-state index in [0.717, 1.165) is 62.4 Å². The monoisotopic (exact) mass is 699 g/mol. The predicted octanol–water partition coefficient (Wildman–Crippen LogP) is 5.62. The van der Waals surface area contributed by atoms with E-state index in [-0.39, 0.29) is 6.09 Å². The molecular weight excluding hydrogens is 667 g/mol. The van der Waals surface area contributed by atoms with Crippen molar-refractivity contribution in [2.24, 2.45) is 0 Å². The van der Waals surface area contributed by atoms with Crippen LogP contribution in [-0.4, -0.2) is 88.6 Å². The number of amides is 1. The molecule has 6 aromatic heterocycles. The fraction of sp³-hybridized carbons (Fsp3) is 0.258. The summed E-state index contributed by atoms with van der Waals surface area (Å²) in [4.78, 5) is 39.6. The summed E-state index contributed by atoms with van der Waals surface area (Å²) in [6.45, 7) is 5.37. The van der Waals surface area contributed by atoms with Crippen molar-refractivity contribution in [2.75, 3.05) is 37.9 Å². The van der Waals surface area contributed by atoms with Crippen molar-refractivity contribution < 1.29 is 14.3 Å². The van der Waals surface area contributed by atoms with Gasteiger partial charge in [0.15, 0.2) is 10.3 Å². The molecule has 1 aliphatic heterocycles. The van der Waals surface area contributed by atoms with Gasteiger partial charge in [0.25, 0.3) is 0 Å². The number of aryl methyl sites for hydroxylation is 2. The number of hydrogen-bond donors (Lipinski definition) is 4. The number of thiazole rings is 2. The Bertz CT molecular complexity index is 2050. The first-order chi connectivity index (χ1) is 23.9. The lowest BCUT2D eigenvalue weighted by Gasteiger charge is -2.13. The van der Waals surface area contributed by atoms with Gasteiger partial charge in [-0.1, -0.05) is 13.0 Å². The molecule has 49 heavy (non-hydrogen) atoms. The van der Waals surface area contributed by atoms with Crippen molar-refractivity contribution in [1.29, 1.82) is 0 Å². The first kappa shape index (κ1) is 33.3. The van der Waals surface area contributed by atoms with Crippen LogP contribution in [-0.2, 0) is 22.5 Å². The number of ether oxygens (including phenoxy) is 2. The van der Waals surface area contributed by atoms with Crippen LogP contribution in [0.15, 0.2) is 53.8 Å². The average Bonchev–Trinajstić information content (AvgIpc) is 3.95. The highest BCUT2D eigenvalue weighted by atomic mass is 32.1. The molecule has 0 atom stereocenters. The molecule has 0 saturated heterocycles.